The highest BCUT2D eigenvalue weighted by Gasteiger charge is 2.26. The van der Waals surface area contributed by atoms with Crippen molar-refractivity contribution in [3.05, 3.63) is 76.3 Å². The highest BCUT2D eigenvalue weighted by Crippen LogP contribution is 2.34. The topological polar surface area (TPSA) is 84.9 Å². The molecule has 0 unspecified atom stereocenters. The summed E-state index contributed by atoms with van der Waals surface area (Å²) in [6.45, 7) is 3.95. The molecule has 1 heterocycles. The van der Waals surface area contributed by atoms with Crippen molar-refractivity contribution >= 4 is 43.2 Å². The van der Waals surface area contributed by atoms with E-state index < -0.39 is 10.0 Å². The number of nitrogens with zero attached hydrogens (tertiary/aromatic N) is 1. The number of hydrogen-bond acceptors (Lipinski definition) is 5. The van der Waals surface area contributed by atoms with Crippen LogP contribution in [0.1, 0.15) is 17.5 Å². The second-order valence-corrected chi connectivity index (χ2v) is 10.5. The van der Waals surface area contributed by atoms with Gasteiger partial charge in [-0.3, -0.25) is 9.10 Å². The number of aryl methyl sites for hydroxylation is 2. The number of fused-ring (bicyclic) bond motifs is 1. The lowest BCUT2D eigenvalue weighted by molar-refractivity contribution is -0.116. The Morgan fingerprint density at radius 2 is 1.64 bits per heavy atom. The quantitative estimate of drug-likeness (QED) is 0.463. The highest BCUT2D eigenvalue weighted by molar-refractivity contribution is 9.10. The largest absolute Gasteiger partial charge is 0.454 e. The summed E-state index contributed by atoms with van der Waals surface area (Å²) in [4.78, 5) is 12.8. The minimum atomic E-state index is -3.88. The number of hydrogen-bond donors (Lipinski definition) is 1. The van der Waals surface area contributed by atoms with Gasteiger partial charge < -0.3 is 14.8 Å². The van der Waals surface area contributed by atoms with Crippen molar-refractivity contribution in [3.8, 4) is 11.5 Å². The number of amides is 1. The third-order valence-corrected chi connectivity index (χ3v) is 7.46. The van der Waals surface area contributed by atoms with Gasteiger partial charge in [0.25, 0.3) is 10.0 Å². The van der Waals surface area contributed by atoms with Crippen LogP contribution in [-0.4, -0.2) is 27.7 Å². The number of nitrogens with one attached hydrogen (secondary N) is 1. The van der Waals surface area contributed by atoms with Crippen LogP contribution in [0.5, 0.6) is 11.5 Å². The SMILES string of the molecule is Cc1cc(C)cc(N(CCC(=O)Nc2ccc3c(c2)OCO3)S(=O)(=O)c2ccc(Br)cc2)c1. The molecule has 9 heteroatoms. The smallest absolute Gasteiger partial charge is 0.264 e. The summed E-state index contributed by atoms with van der Waals surface area (Å²) >= 11 is 3.33. The van der Waals surface area contributed by atoms with Crippen molar-refractivity contribution < 1.29 is 22.7 Å². The van der Waals surface area contributed by atoms with E-state index in [0.29, 0.717) is 22.9 Å². The molecule has 0 atom stereocenters. The van der Waals surface area contributed by atoms with Crippen molar-refractivity contribution in [2.45, 2.75) is 25.2 Å². The number of benzene rings is 3. The summed E-state index contributed by atoms with van der Waals surface area (Å²) in [6.07, 6.45) is -0.0306. The van der Waals surface area contributed by atoms with Crippen molar-refractivity contribution in [1.29, 1.82) is 0 Å². The minimum Gasteiger partial charge on any atom is -0.454 e. The van der Waals surface area contributed by atoms with Crippen LogP contribution in [0.2, 0.25) is 0 Å². The van der Waals surface area contributed by atoms with Crippen LogP contribution in [0, 0.1) is 13.8 Å². The molecule has 33 heavy (non-hydrogen) atoms. The molecule has 0 aliphatic carbocycles. The van der Waals surface area contributed by atoms with Gasteiger partial charge in [-0.05, 0) is 73.5 Å². The van der Waals surface area contributed by atoms with E-state index in [4.69, 9.17) is 9.47 Å². The summed E-state index contributed by atoms with van der Waals surface area (Å²) < 4.78 is 39.7. The zero-order chi connectivity index (χ0) is 23.6. The molecule has 3 aromatic rings. The molecule has 1 N–H and O–H groups in total. The van der Waals surface area contributed by atoms with Crippen LogP contribution in [0.25, 0.3) is 0 Å². The van der Waals surface area contributed by atoms with E-state index in [9.17, 15) is 13.2 Å². The van der Waals surface area contributed by atoms with Gasteiger partial charge in [0.15, 0.2) is 11.5 Å². The van der Waals surface area contributed by atoms with Gasteiger partial charge in [-0.2, -0.15) is 0 Å². The van der Waals surface area contributed by atoms with Crippen molar-refractivity contribution in [2.75, 3.05) is 23.0 Å². The monoisotopic (exact) mass is 530 g/mol. The first kappa shape index (κ1) is 23.1. The molecule has 1 aliphatic rings. The molecule has 3 aromatic carbocycles. The fraction of sp³-hybridized carbons (Fsp3) is 0.208. The number of carbonyl (C=O) groups is 1. The lowest BCUT2D eigenvalue weighted by Gasteiger charge is -2.25. The summed E-state index contributed by atoms with van der Waals surface area (Å²) in [6, 6.07) is 17.1. The number of anilines is 2. The van der Waals surface area contributed by atoms with E-state index in [-0.39, 0.29) is 30.6 Å². The second-order valence-electron chi connectivity index (χ2n) is 7.74. The lowest BCUT2D eigenvalue weighted by Crippen LogP contribution is -2.34. The van der Waals surface area contributed by atoms with Gasteiger partial charge in [-0.1, -0.05) is 22.0 Å². The van der Waals surface area contributed by atoms with Crippen LogP contribution in [0.4, 0.5) is 11.4 Å². The molecule has 0 fully saturated rings. The Bertz CT molecular complexity index is 1270. The fourth-order valence-corrected chi connectivity index (χ4v) is 5.33. The molecular formula is C24H23BrN2O5S. The normalized spacial score (nSPS) is 12.5. The van der Waals surface area contributed by atoms with Crippen LogP contribution in [-0.2, 0) is 14.8 Å². The predicted octanol–water partition coefficient (Wildman–Crippen LogP) is 5.02. The van der Waals surface area contributed by atoms with Gasteiger partial charge in [-0.15, -0.1) is 0 Å². The van der Waals surface area contributed by atoms with Crippen LogP contribution < -0.4 is 19.1 Å². The molecule has 0 saturated carbocycles. The van der Waals surface area contributed by atoms with E-state index >= 15 is 0 Å². The summed E-state index contributed by atoms with van der Waals surface area (Å²) in [7, 11) is -3.88. The average molecular weight is 531 g/mol. The zero-order valence-corrected chi connectivity index (χ0v) is 20.6. The maximum atomic E-state index is 13.5. The fourth-order valence-electron chi connectivity index (χ4n) is 3.62. The molecule has 172 valence electrons. The summed E-state index contributed by atoms with van der Waals surface area (Å²) in [5.74, 6) is 0.867. The van der Waals surface area contributed by atoms with E-state index in [1.807, 2.05) is 19.9 Å². The van der Waals surface area contributed by atoms with E-state index in [2.05, 4.69) is 21.2 Å². The first-order chi connectivity index (χ1) is 15.7. The summed E-state index contributed by atoms with van der Waals surface area (Å²) in [5, 5.41) is 2.80. The zero-order valence-electron chi connectivity index (χ0n) is 18.2. The van der Waals surface area contributed by atoms with Crippen molar-refractivity contribution in [1.82, 2.24) is 0 Å². The Labute approximate surface area is 201 Å². The molecule has 1 aliphatic heterocycles. The number of sulfonamides is 1. The average Bonchev–Trinajstić information content (AvgIpc) is 3.21. The summed E-state index contributed by atoms with van der Waals surface area (Å²) in [5.41, 5.74) is 2.95. The van der Waals surface area contributed by atoms with E-state index in [0.717, 1.165) is 15.6 Å². The third-order valence-electron chi connectivity index (χ3n) is 5.09. The first-order valence-electron chi connectivity index (χ1n) is 10.3. The number of ether oxygens (including phenoxy) is 2. The number of halogens is 1. The molecule has 1 amide bonds. The number of rotatable bonds is 7. The van der Waals surface area contributed by atoms with Crippen LogP contribution in [0.3, 0.4) is 0 Å². The Hall–Kier alpha value is -3.04. The molecular weight excluding hydrogens is 508 g/mol. The molecule has 0 aromatic heterocycles. The number of carbonyl (C=O) groups excluding carboxylic acids is 1. The van der Waals surface area contributed by atoms with Crippen molar-refractivity contribution in [2.24, 2.45) is 0 Å². The maximum absolute atomic E-state index is 13.5. The third kappa shape index (κ3) is 5.31. The Morgan fingerprint density at radius 3 is 2.33 bits per heavy atom. The second kappa shape index (κ2) is 9.44. The van der Waals surface area contributed by atoms with Gasteiger partial charge >= 0.3 is 0 Å². The van der Waals surface area contributed by atoms with E-state index in [1.54, 1.807) is 54.6 Å². The molecule has 0 radical (unpaired) electrons. The Balaban J connectivity index is 1.57. The van der Waals surface area contributed by atoms with Gasteiger partial charge in [-0.25, -0.2) is 8.42 Å². The van der Waals surface area contributed by atoms with Crippen molar-refractivity contribution in [3.63, 3.8) is 0 Å². The van der Waals surface area contributed by atoms with Gasteiger partial charge in [0.05, 0.1) is 10.6 Å². The molecule has 0 spiro atoms. The minimum absolute atomic E-state index is 0.0162. The predicted molar refractivity (Wildman–Crippen MR) is 130 cm³/mol. The van der Waals surface area contributed by atoms with E-state index in [1.165, 1.54) is 4.31 Å². The molecule has 4 rings (SSSR count). The molecule has 0 bridgehead atoms. The Kier molecular flexibility index (Phi) is 6.62. The highest BCUT2D eigenvalue weighted by atomic mass is 79.9. The van der Waals surface area contributed by atoms with Gasteiger partial charge in [0, 0.05) is 29.2 Å². The molecule has 7 nitrogen and oxygen atoms in total. The lowest BCUT2D eigenvalue weighted by atomic mass is 10.1. The Morgan fingerprint density at radius 1 is 0.970 bits per heavy atom. The first-order valence-corrected chi connectivity index (χ1v) is 12.5. The van der Waals surface area contributed by atoms with Crippen LogP contribution >= 0.6 is 15.9 Å². The van der Waals surface area contributed by atoms with Gasteiger partial charge in [0.2, 0.25) is 12.7 Å². The maximum Gasteiger partial charge on any atom is 0.264 e. The van der Waals surface area contributed by atoms with Gasteiger partial charge in [0.1, 0.15) is 0 Å². The molecule has 0 saturated heterocycles. The van der Waals surface area contributed by atoms with Crippen LogP contribution in [0.15, 0.2) is 70.0 Å². The standard InChI is InChI=1S/C24H23BrN2O5S/c1-16-11-17(2)13-20(12-16)27(33(29,30)21-6-3-18(25)4-7-21)10-9-24(28)26-19-5-8-22-23(14-19)32-15-31-22/h3-8,11-14H,9-10,15H2,1-2H3,(H,26,28).